The van der Waals surface area contributed by atoms with Crippen molar-refractivity contribution in [2.45, 2.75) is 25.7 Å². The lowest BCUT2D eigenvalue weighted by Crippen LogP contribution is -2.49. The zero-order valence-corrected chi connectivity index (χ0v) is 11.7. The Morgan fingerprint density at radius 1 is 1.06 bits per heavy atom. The van der Waals surface area contributed by atoms with Gasteiger partial charge in [-0.05, 0) is 24.7 Å². The topological polar surface area (TPSA) is 23.6 Å². The van der Waals surface area contributed by atoms with E-state index in [1.54, 1.807) is 0 Å². The maximum absolute atomic E-state index is 12.5. The van der Waals surface area contributed by atoms with E-state index in [0.717, 1.165) is 44.6 Å². The van der Waals surface area contributed by atoms with E-state index >= 15 is 0 Å². The van der Waals surface area contributed by atoms with Crippen molar-refractivity contribution in [1.29, 1.82) is 0 Å². The number of hydrogen-bond donors (Lipinski definition) is 0. The summed E-state index contributed by atoms with van der Waals surface area (Å²) in [6.07, 6.45) is 5.28. The fourth-order valence-electron chi connectivity index (χ4n) is 3.88. The highest BCUT2D eigenvalue weighted by molar-refractivity contribution is 6.18. The van der Waals surface area contributed by atoms with Crippen molar-refractivity contribution < 1.29 is 4.79 Å². The van der Waals surface area contributed by atoms with Crippen LogP contribution >= 0.6 is 11.6 Å². The van der Waals surface area contributed by atoms with Gasteiger partial charge in [-0.3, -0.25) is 9.69 Å². The van der Waals surface area contributed by atoms with Crippen LogP contribution in [0.4, 0.5) is 0 Å². The summed E-state index contributed by atoms with van der Waals surface area (Å²) in [4.78, 5) is 16.9. The third-order valence-corrected chi connectivity index (χ3v) is 5.20. The van der Waals surface area contributed by atoms with Crippen LogP contribution in [0.2, 0.25) is 0 Å². The zero-order valence-electron chi connectivity index (χ0n) is 11.0. The lowest BCUT2D eigenvalue weighted by molar-refractivity contribution is -0.134. The zero-order chi connectivity index (χ0) is 12.5. The maximum Gasteiger partial charge on any atom is 0.226 e. The average Bonchev–Trinajstić information content (AvgIpc) is 3.13. The number of rotatable bonds is 3. The van der Waals surface area contributed by atoms with Gasteiger partial charge in [-0.15, -0.1) is 11.6 Å². The number of carbonyl (C=O) groups is 1. The maximum atomic E-state index is 12.5. The molecule has 18 heavy (non-hydrogen) atoms. The molecule has 102 valence electrons. The number of carbonyl (C=O) groups excluding carboxylic acids is 1. The van der Waals surface area contributed by atoms with Crippen molar-refractivity contribution in [2.75, 3.05) is 38.6 Å². The number of fused-ring (bicyclic) bond motifs is 1. The van der Waals surface area contributed by atoms with Gasteiger partial charge in [0.25, 0.3) is 0 Å². The fourth-order valence-corrected chi connectivity index (χ4v) is 4.12. The van der Waals surface area contributed by atoms with E-state index in [1.165, 1.54) is 25.7 Å². The van der Waals surface area contributed by atoms with Gasteiger partial charge in [0.15, 0.2) is 0 Å². The van der Waals surface area contributed by atoms with Crippen LogP contribution in [0, 0.1) is 17.8 Å². The molecule has 3 nitrogen and oxygen atoms in total. The minimum absolute atomic E-state index is 0.395. The lowest BCUT2D eigenvalue weighted by atomic mass is 10.0. The number of halogens is 1. The van der Waals surface area contributed by atoms with Crippen LogP contribution in [-0.2, 0) is 4.79 Å². The van der Waals surface area contributed by atoms with Crippen LogP contribution in [0.15, 0.2) is 0 Å². The van der Waals surface area contributed by atoms with Crippen LogP contribution in [0.3, 0.4) is 0 Å². The molecule has 1 heterocycles. The van der Waals surface area contributed by atoms with Crippen LogP contribution in [0.1, 0.15) is 25.7 Å². The van der Waals surface area contributed by atoms with Gasteiger partial charge in [0.2, 0.25) is 5.91 Å². The summed E-state index contributed by atoms with van der Waals surface area (Å²) >= 11 is 5.75. The molecule has 0 bridgehead atoms. The Kier molecular flexibility index (Phi) is 3.81. The molecule has 0 radical (unpaired) electrons. The standard InChI is InChI=1S/C14H23ClN2O/c15-5-6-16-7-9-17(10-8-16)14(18)13-11-3-1-2-4-12(11)13/h11-13H,1-10H2. The van der Waals surface area contributed by atoms with Crippen molar-refractivity contribution in [1.82, 2.24) is 9.80 Å². The first kappa shape index (κ1) is 12.7. The van der Waals surface area contributed by atoms with Crippen molar-refractivity contribution in [2.24, 2.45) is 17.8 Å². The van der Waals surface area contributed by atoms with Crippen LogP contribution < -0.4 is 0 Å². The highest BCUT2D eigenvalue weighted by Gasteiger charge is 2.55. The quantitative estimate of drug-likeness (QED) is 0.731. The van der Waals surface area contributed by atoms with E-state index < -0.39 is 0 Å². The van der Waals surface area contributed by atoms with E-state index in [1.807, 2.05) is 0 Å². The molecule has 2 atom stereocenters. The van der Waals surface area contributed by atoms with E-state index in [4.69, 9.17) is 11.6 Å². The van der Waals surface area contributed by atoms with Gasteiger partial charge < -0.3 is 4.90 Å². The van der Waals surface area contributed by atoms with Crippen LogP contribution in [0.25, 0.3) is 0 Å². The molecule has 2 aliphatic carbocycles. The third kappa shape index (κ3) is 2.39. The number of hydrogen-bond acceptors (Lipinski definition) is 2. The molecule has 0 N–H and O–H groups in total. The minimum atomic E-state index is 0.395. The summed E-state index contributed by atoms with van der Waals surface area (Å²) < 4.78 is 0. The molecule has 2 saturated carbocycles. The van der Waals surface area contributed by atoms with Gasteiger partial charge in [-0.1, -0.05) is 12.8 Å². The van der Waals surface area contributed by atoms with Crippen molar-refractivity contribution in [3.05, 3.63) is 0 Å². The van der Waals surface area contributed by atoms with Gasteiger partial charge >= 0.3 is 0 Å². The molecular weight excluding hydrogens is 248 g/mol. The molecule has 1 saturated heterocycles. The SMILES string of the molecule is O=C(C1C2CCCCC21)N1CCN(CCCl)CC1. The molecule has 1 aliphatic heterocycles. The van der Waals surface area contributed by atoms with Crippen molar-refractivity contribution in [3.63, 3.8) is 0 Å². The minimum Gasteiger partial charge on any atom is -0.340 e. The monoisotopic (exact) mass is 270 g/mol. The number of alkyl halides is 1. The van der Waals surface area contributed by atoms with E-state index in [-0.39, 0.29) is 0 Å². The van der Waals surface area contributed by atoms with E-state index in [9.17, 15) is 4.79 Å². The third-order valence-electron chi connectivity index (χ3n) is 5.03. The Hall–Kier alpha value is -0.280. The molecule has 4 heteroatoms. The largest absolute Gasteiger partial charge is 0.340 e. The normalized spacial score (nSPS) is 36.3. The Morgan fingerprint density at radius 3 is 2.22 bits per heavy atom. The predicted molar refractivity (Wildman–Crippen MR) is 72.7 cm³/mol. The Bertz CT molecular complexity index is 303. The first-order valence-corrected chi connectivity index (χ1v) is 7.92. The van der Waals surface area contributed by atoms with Crippen molar-refractivity contribution in [3.8, 4) is 0 Å². The molecule has 1 amide bonds. The first-order chi connectivity index (χ1) is 8.81. The van der Waals surface area contributed by atoms with Gasteiger partial charge in [-0.25, -0.2) is 0 Å². The smallest absolute Gasteiger partial charge is 0.226 e. The Morgan fingerprint density at radius 2 is 1.67 bits per heavy atom. The molecule has 3 fully saturated rings. The van der Waals surface area contributed by atoms with Gasteiger partial charge in [0.1, 0.15) is 0 Å². The summed E-state index contributed by atoms with van der Waals surface area (Å²) in [6, 6.07) is 0. The molecular formula is C14H23ClN2O. The lowest BCUT2D eigenvalue weighted by Gasteiger charge is -2.34. The average molecular weight is 271 g/mol. The number of amides is 1. The molecule has 0 aromatic rings. The second-order valence-electron chi connectivity index (χ2n) is 5.99. The van der Waals surface area contributed by atoms with Crippen LogP contribution in [0.5, 0.6) is 0 Å². The highest BCUT2D eigenvalue weighted by Crippen LogP contribution is 2.56. The summed E-state index contributed by atoms with van der Waals surface area (Å²) in [5.41, 5.74) is 0. The van der Waals surface area contributed by atoms with Gasteiger partial charge in [-0.2, -0.15) is 0 Å². The van der Waals surface area contributed by atoms with E-state index in [0.29, 0.717) is 17.7 Å². The summed E-state index contributed by atoms with van der Waals surface area (Å²) in [6.45, 7) is 4.77. The Balaban J connectivity index is 1.49. The molecule has 3 rings (SSSR count). The fraction of sp³-hybridized carbons (Fsp3) is 0.929. The summed E-state index contributed by atoms with van der Waals surface area (Å²) in [7, 11) is 0. The van der Waals surface area contributed by atoms with E-state index in [2.05, 4.69) is 9.80 Å². The molecule has 3 aliphatic rings. The second-order valence-corrected chi connectivity index (χ2v) is 6.37. The number of nitrogens with zero attached hydrogens (tertiary/aromatic N) is 2. The summed E-state index contributed by atoms with van der Waals surface area (Å²) in [5.74, 6) is 3.03. The highest BCUT2D eigenvalue weighted by atomic mass is 35.5. The first-order valence-electron chi connectivity index (χ1n) is 7.38. The van der Waals surface area contributed by atoms with Gasteiger partial charge in [0, 0.05) is 44.5 Å². The van der Waals surface area contributed by atoms with Gasteiger partial charge in [0.05, 0.1) is 0 Å². The van der Waals surface area contributed by atoms with Crippen LogP contribution in [-0.4, -0.2) is 54.3 Å². The number of piperazine rings is 1. The molecule has 0 spiro atoms. The molecule has 0 aromatic heterocycles. The van der Waals surface area contributed by atoms with Crippen molar-refractivity contribution >= 4 is 17.5 Å². The molecule has 0 aromatic carbocycles. The Labute approximate surface area is 114 Å². The molecule has 2 unspecified atom stereocenters. The summed E-state index contributed by atoms with van der Waals surface area (Å²) in [5, 5.41) is 0. The second kappa shape index (κ2) is 5.38. The predicted octanol–water partition coefficient (Wildman–Crippen LogP) is 1.81.